The monoisotopic (exact) mass is 436 g/mol. The molecule has 0 aliphatic heterocycles. The van der Waals surface area contributed by atoms with E-state index in [2.05, 4.69) is 0 Å². The van der Waals surface area contributed by atoms with Gasteiger partial charge in [0.1, 0.15) is 28.4 Å². The highest BCUT2D eigenvalue weighted by Crippen LogP contribution is 2.39. The number of hydrogen-bond acceptors (Lipinski definition) is 7. The third-order valence-electron chi connectivity index (χ3n) is 5.12. The molecule has 2 aromatic carbocycles. The first kappa shape index (κ1) is 22.8. The van der Waals surface area contributed by atoms with Crippen LogP contribution in [0.2, 0.25) is 0 Å². The van der Waals surface area contributed by atoms with Crippen LogP contribution in [0.5, 0.6) is 11.5 Å². The molecule has 4 rings (SSSR count). The van der Waals surface area contributed by atoms with Gasteiger partial charge in [-0.25, -0.2) is 9.59 Å². The average molecular weight is 436 g/mol. The van der Waals surface area contributed by atoms with Crippen LogP contribution in [-0.4, -0.2) is 16.0 Å². The van der Waals surface area contributed by atoms with Crippen molar-refractivity contribution in [3.05, 3.63) is 79.5 Å². The predicted molar refractivity (Wildman–Crippen MR) is 122 cm³/mol. The lowest BCUT2D eigenvalue weighted by Gasteiger charge is -2.17. The van der Waals surface area contributed by atoms with Gasteiger partial charge in [-0.05, 0) is 56.2 Å². The van der Waals surface area contributed by atoms with Crippen molar-refractivity contribution in [2.75, 3.05) is 0 Å². The van der Waals surface area contributed by atoms with Crippen molar-refractivity contribution < 1.29 is 23.8 Å². The second-order valence-electron chi connectivity index (χ2n) is 7.35. The summed E-state index contributed by atoms with van der Waals surface area (Å²) >= 11 is 0. The highest BCUT2D eigenvalue weighted by Gasteiger charge is 2.34. The van der Waals surface area contributed by atoms with Crippen molar-refractivity contribution in [3.63, 3.8) is 0 Å². The van der Waals surface area contributed by atoms with Gasteiger partial charge in [0.25, 0.3) is 0 Å². The number of carbonyl (C=O) groups is 1. The van der Waals surface area contributed by atoms with Crippen molar-refractivity contribution in [2.24, 2.45) is 0 Å². The molecule has 166 valence electrons. The molecule has 0 bridgehead atoms. The molecule has 0 amide bonds. The van der Waals surface area contributed by atoms with Gasteiger partial charge in [0.2, 0.25) is 0 Å². The third kappa shape index (κ3) is 3.77. The van der Waals surface area contributed by atoms with E-state index < -0.39 is 45.6 Å². The Kier molecular flexibility index (Phi) is 6.20. The summed E-state index contributed by atoms with van der Waals surface area (Å²) < 4.78 is 10.6. The summed E-state index contributed by atoms with van der Waals surface area (Å²) in [7, 11) is 0. The van der Waals surface area contributed by atoms with Crippen molar-refractivity contribution in [1.82, 2.24) is 0 Å². The fourth-order valence-corrected chi connectivity index (χ4v) is 3.67. The van der Waals surface area contributed by atoms with Crippen LogP contribution in [0.4, 0.5) is 0 Å². The van der Waals surface area contributed by atoms with E-state index in [0.29, 0.717) is 0 Å². The normalized spacial score (nSPS) is 10.9. The van der Waals surface area contributed by atoms with Crippen molar-refractivity contribution in [1.29, 1.82) is 0 Å². The van der Waals surface area contributed by atoms with E-state index in [1.54, 1.807) is 50.2 Å². The maximum atomic E-state index is 12.7. The fraction of sp³-hybridized carbons (Fsp3) is 0.240. The zero-order valence-electron chi connectivity index (χ0n) is 18.5. The lowest BCUT2D eigenvalue weighted by molar-refractivity contribution is -0.117. The summed E-state index contributed by atoms with van der Waals surface area (Å²) in [5, 5.41) is 22.0. The molecule has 0 unspecified atom stereocenters. The van der Waals surface area contributed by atoms with Gasteiger partial charge in [0, 0.05) is 0 Å². The molecule has 7 nitrogen and oxygen atoms in total. The number of carbonyl (C=O) groups excluding carboxylic acids is 1. The quantitative estimate of drug-likeness (QED) is 0.448. The first-order valence-electron chi connectivity index (χ1n) is 10.2. The topological polar surface area (TPSA) is 118 Å². The molecule has 32 heavy (non-hydrogen) atoms. The van der Waals surface area contributed by atoms with Crippen LogP contribution in [0.15, 0.2) is 54.8 Å². The molecule has 0 atom stereocenters. The van der Waals surface area contributed by atoms with Gasteiger partial charge in [-0.15, -0.1) is 0 Å². The molecule has 0 spiro atoms. The number of hydrogen-bond donors (Lipinski definition) is 2. The summed E-state index contributed by atoms with van der Waals surface area (Å²) in [6.07, 6.45) is 0. The lowest BCUT2D eigenvalue weighted by atomic mass is 9.87. The summed E-state index contributed by atoms with van der Waals surface area (Å²) in [5.41, 5.74) is -0.890. The van der Waals surface area contributed by atoms with Crippen molar-refractivity contribution in [2.45, 2.75) is 40.5 Å². The smallest absolute Gasteiger partial charge is 0.344 e. The molecule has 0 aliphatic rings. The Morgan fingerprint density at radius 1 is 0.781 bits per heavy atom. The van der Waals surface area contributed by atoms with Gasteiger partial charge in [0.05, 0.1) is 27.8 Å². The van der Waals surface area contributed by atoms with Crippen LogP contribution in [0.3, 0.4) is 0 Å². The van der Waals surface area contributed by atoms with Gasteiger partial charge in [-0.3, -0.25) is 4.79 Å². The number of fused-ring (bicyclic) bond motifs is 2. The predicted octanol–water partition coefficient (Wildman–Crippen LogP) is 4.67. The summed E-state index contributed by atoms with van der Waals surface area (Å²) in [5.74, 6) is -3.17. The van der Waals surface area contributed by atoms with Gasteiger partial charge in [0.15, 0.2) is 0 Å². The van der Waals surface area contributed by atoms with Gasteiger partial charge < -0.3 is 19.0 Å². The van der Waals surface area contributed by atoms with Gasteiger partial charge in [-0.1, -0.05) is 26.0 Å². The minimum atomic E-state index is -1.56. The molecule has 2 aromatic heterocycles. The van der Waals surface area contributed by atoms with E-state index >= 15 is 0 Å². The molecular formula is C25H24O7. The first-order valence-corrected chi connectivity index (χ1v) is 10.2. The van der Waals surface area contributed by atoms with Crippen LogP contribution in [-0.2, 0) is 4.79 Å². The van der Waals surface area contributed by atoms with Crippen LogP contribution >= 0.6 is 0 Å². The molecule has 0 saturated heterocycles. The number of aromatic hydroxyl groups is 2. The van der Waals surface area contributed by atoms with Crippen LogP contribution in [0.25, 0.3) is 21.9 Å². The molecule has 7 heteroatoms. The Morgan fingerprint density at radius 2 is 1.16 bits per heavy atom. The molecular weight excluding hydrogens is 412 g/mol. The zero-order chi connectivity index (χ0) is 23.7. The Morgan fingerprint density at radius 3 is 1.50 bits per heavy atom. The van der Waals surface area contributed by atoms with Crippen LogP contribution in [0.1, 0.15) is 48.9 Å². The van der Waals surface area contributed by atoms with E-state index in [1.807, 2.05) is 13.8 Å². The zero-order valence-corrected chi connectivity index (χ0v) is 18.5. The summed E-state index contributed by atoms with van der Waals surface area (Å²) in [4.78, 5) is 38.0. The van der Waals surface area contributed by atoms with Crippen LogP contribution < -0.4 is 11.3 Å². The highest BCUT2D eigenvalue weighted by atomic mass is 16.4. The second kappa shape index (κ2) is 8.70. The van der Waals surface area contributed by atoms with E-state index in [0.717, 1.165) is 18.1 Å². The minimum Gasteiger partial charge on any atom is -0.507 e. The van der Waals surface area contributed by atoms with Crippen LogP contribution in [0, 0.1) is 13.8 Å². The molecule has 2 N–H and O–H groups in total. The molecule has 0 aliphatic carbocycles. The van der Waals surface area contributed by atoms with Gasteiger partial charge >= 0.3 is 11.3 Å². The Bertz CT molecular complexity index is 1350. The minimum absolute atomic E-state index is 0.147. The van der Waals surface area contributed by atoms with E-state index in [9.17, 15) is 24.6 Å². The Labute approximate surface area is 183 Å². The van der Waals surface area contributed by atoms with Crippen molar-refractivity contribution in [3.8, 4) is 11.5 Å². The molecule has 0 fully saturated rings. The maximum absolute atomic E-state index is 12.7. The standard InChI is InChI=1S/C23H18O7.C2H6/c1-10-4-6-13-15(8-10)29-22(27)18(20(13)25)17(12(3)24)19-21(26)14-7-5-11(2)9-16(14)30-23(19)28;1-2/h4-9,17,25-26H,1-3H3;1-2H3. The SMILES string of the molecule is CC.CC(=O)C(c1c(O)c2ccc(C)cc2oc1=O)c1c(O)c2ccc(C)cc2oc1=O. The Hall–Kier alpha value is -3.87. The fourth-order valence-electron chi connectivity index (χ4n) is 3.67. The highest BCUT2D eigenvalue weighted by molar-refractivity contribution is 5.94. The molecule has 0 saturated carbocycles. The molecule has 2 heterocycles. The first-order chi connectivity index (χ1) is 15.2. The molecule has 4 aromatic rings. The maximum Gasteiger partial charge on any atom is 0.344 e. The number of benzene rings is 2. The largest absolute Gasteiger partial charge is 0.507 e. The number of ketones is 1. The number of Topliss-reactive ketones (excluding diaryl/α,β-unsaturated/α-hetero) is 1. The number of aryl methyl sites for hydroxylation is 2. The Balaban J connectivity index is 0.00000141. The molecule has 0 radical (unpaired) electrons. The summed E-state index contributed by atoms with van der Waals surface area (Å²) in [6, 6.07) is 9.67. The van der Waals surface area contributed by atoms with E-state index in [-0.39, 0.29) is 21.9 Å². The van der Waals surface area contributed by atoms with E-state index in [4.69, 9.17) is 8.83 Å². The third-order valence-corrected chi connectivity index (χ3v) is 5.12. The second-order valence-corrected chi connectivity index (χ2v) is 7.35. The summed E-state index contributed by atoms with van der Waals surface area (Å²) in [6.45, 7) is 8.74. The lowest BCUT2D eigenvalue weighted by Crippen LogP contribution is -2.24. The van der Waals surface area contributed by atoms with Crippen molar-refractivity contribution >= 4 is 27.7 Å². The van der Waals surface area contributed by atoms with E-state index in [1.165, 1.54) is 0 Å². The number of rotatable bonds is 3. The average Bonchev–Trinajstić information content (AvgIpc) is 2.73. The van der Waals surface area contributed by atoms with Gasteiger partial charge in [-0.2, -0.15) is 0 Å².